The summed E-state index contributed by atoms with van der Waals surface area (Å²) in [5.74, 6) is 0.293. The Morgan fingerprint density at radius 1 is 1.05 bits per heavy atom. The molecular formula is C23H23F6N5O2S2. The van der Waals surface area contributed by atoms with E-state index < -0.39 is 46.0 Å². The van der Waals surface area contributed by atoms with Gasteiger partial charge in [0.1, 0.15) is 10.8 Å². The lowest BCUT2D eigenvalue weighted by atomic mass is 10.0. The van der Waals surface area contributed by atoms with Gasteiger partial charge in [-0.05, 0) is 19.9 Å². The molecule has 2 aliphatic rings. The van der Waals surface area contributed by atoms with E-state index >= 15 is 0 Å². The van der Waals surface area contributed by atoms with Crippen LogP contribution < -0.4 is 15.9 Å². The van der Waals surface area contributed by atoms with Crippen LogP contribution in [0.1, 0.15) is 25.1 Å². The SMILES string of the molecule is CO[C@@H]1CSc2c(-c3nc(C(F)(F)F)cs3)c(C(F)(F)F)cc3c(N4C[C@@H](C)N[C@@H](C)C4)nc(=O)n(c23)C1. The summed E-state index contributed by atoms with van der Waals surface area (Å²) >= 11 is 1.49. The summed E-state index contributed by atoms with van der Waals surface area (Å²) in [6, 6.07) is 0.863. The second kappa shape index (κ2) is 9.68. The van der Waals surface area contributed by atoms with Crippen molar-refractivity contribution < 1.29 is 31.1 Å². The summed E-state index contributed by atoms with van der Waals surface area (Å²) in [6.45, 7) is 4.69. The van der Waals surface area contributed by atoms with Crippen molar-refractivity contribution in [2.24, 2.45) is 0 Å². The van der Waals surface area contributed by atoms with E-state index in [1.54, 1.807) is 4.90 Å². The number of benzene rings is 1. The highest BCUT2D eigenvalue weighted by molar-refractivity contribution is 7.99. The largest absolute Gasteiger partial charge is 0.434 e. The first kappa shape index (κ1) is 27.2. The highest BCUT2D eigenvalue weighted by Gasteiger charge is 2.41. The van der Waals surface area contributed by atoms with E-state index in [4.69, 9.17) is 4.74 Å². The maximum atomic E-state index is 14.6. The van der Waals surface area contributed by atoms with Crippen molar-refractivity contribution in [1.29, 1.82) is 0 Å². The molecular weight excluding hydrogens is 556 g/mol. The summed E-state index contributed by atoms with van der Waals surface area (Å²) in [6.07, 6.45) is -10.3. The molecule has 1 aromatic carbocycles. The van der Waals surface area contributed by atoms with Gasteiger partial charge in [0, 0.05) is 59.3 Å². The van der Waals surface area contributed by atoms with Crippen molar-refractivity contribution in [2.45, 2.75) is 55.8 Å². The fourth-order valence-corrected chi connectivity index (χ4v) is 7.23. The second-order valence-corrected chi connectivity index (χ2v) is 11.3. The molecule has 0 saturated carbocycles. The number of hydrogen-bond donors (Lipinski definition) is 1. The highest BCUT2D eigenvalue weighted by atomic mass is 32.2. The molecule has 3 atom stereocenters. The maximum absolute atomic E-state index is 14.6. The van der Waals surface area contributed by atoms with Crippen LogP contribution in [0.25, 0.3) is 21.5 Å². The minimum Gasteiger partial charge on any atom is -0.379 e. The Balaban J connectivity index is 1.87. The van der Waals surface area contributed by atoms with Crippen molar-refractivity contribution in [2.75, 3.05) is 30.9 Å². The normalized spacial score (nSPS) is 22.7. The molecule has 38 heavy (non-hydrogen) atoms. The molecule has 0 aliphatic carbocycles. The average molecular weight is 580 g/mol. The van der Waals surface area contributed by atoms with Crippen molar-refractivity contribution in [3.8, 4) is 10.6 Å². The number of aromatic nitrogens is 3. The molecule has 2 aliphatic heterocycles. The lowest BCUT2D eigenvalue weighted by Crippen LogP contribution is -2.55. The predicted molar refractivity (Wildman–Crippen MR) is 133 cm³/mol. The number of ether oxygens (including phenoxy) is 1. The van der Waals surface area contributed by atoms with E-state index in [0.29, 0.717) is 29.8 Å². The molecule has 2 aromatic heterocycles. The third kappa shape index (κ3) is 4.89. The van der Waals surface area contributed by atoms with Gasteiger partial charge in [0.25, 0.3) is 0 Å². The van der Waals surface area contributed by atoms with E-state index in [0.717, 1.165) is 17.8 Å². The lowest BCUT2D eigenvalue weighted by molar-refractivity contribution is -0.140. The average Bonchev–Trinajstić information content (AvgIpc) is 3.23. The number of halogens is 6. The number of piperazine rings is 1. The molecule has 0 amide bonds. The third-order valence-electron chi connectivity index (χ3n) is 6.50. The van der Waals surface area contributed by atoms with Crippen molar-refractivity contribution in [3.05, 3.63) is 33.2 Å². The fraction of sp³-hybridized carbons (Fsp3) is 0.522. The first-order valence-corrected chi connectivity index (χ1v) is 13.5. The Bertz CT molecular complexity index is 1430. The van der Waals surface area contributed by atoms with E-state index in [2.05, 4.69) is 15.3 Å². The highest BCUT2D eigenvalue weighted by Crippen LogP contribution is 2.49. The molecule has 1 fully saturated rings. The Labute approximate surface area is 221 Å². The molecule has 1 N–H and O–H groups in total. The van der Waals surface area contributed by atoms with Crippen LogP contribution in [-0.2, 0) is 23.6 Å². The van der Waals surface area contributed by atoms with Gasteiger partial charge in [-0.1, -0.05) is 0 Å². The quantitative estimate of drug-likeness (QED) is 0.445. The van der Waals surface area contributed by atoms with Crippen LogP contribution in [0.4, 0.5) is 32.2 Å². The van der Waals surface area contributed by atoms with Gasteiger partial charge in [-0.15, -0.1) is 23.1 Å². The van der Waals surface area contributed by atoms with E-state index in [9.17, 15) is 31.1 Å². The summed E-state index contributed by atoms with van der Waals surface area (Å²) in [5.41, 5.74) is -3.36. The van der Waals surface area contributed by atoms with Crippen LogP contribution in [0.15, 0.2) is 21.1 Å². The van der Waals surface area contributed by atoms with Crippen molar-refractivity contribution >= 4 is 39.8 Å². The third-order valence-corrected chi connectivity index (χ3v) is 8.59. The number of anilines is 1. The molecule has 0 bridgehead atoms. The minimum atomic E-state index is -4.92. The fourth-order valence-electron chi connectivity index (χ4n) is 4.97. The molecule has 0 spiro atoms. The molecule has 1 saturated heterocycles. The van der Waals surface area contributed by atoms with E-state index in [1.165, 1.54) is 11.7 Å². The summed E-state index contributed by atoms with van der Waals surface area (Å²) in [4.78, 5) is 22.9. The Kier molecular flexibility index (Phi) is 6.93. The molecule has 4 heterocycles. The van der Waals surface area contributed by atoms with E-state index in [1.807, 2.05) is 13.8 Å². The van der Waals surface area contributed by atoms with Gasteiger partial charge < -0.3 is 15.0 Å². The van der Waals surface area contributed by atoms with Crippen LogP contribution in [0.3, 0.4) is 0 Å². The molecule has 0 radical (unpaired) electrons. The number of thiazole rings is 1. The first-order chi connectivity index (χ1) is 17.8. The number of rotatable bonds is 3. The summed E-state index contributed by atoms with van der Waals surface area (Å²) < 4.78 is 90.4. The molecule has 7 nitrogen and oxygen atoms in total. The van der Waals surface area contributed by atoms with Crippen LogP contribution in [0.5, 0.6) is 0 Å². The number of methoxy groups -OCH3 is 1. The van der Waals surface area contributed by atoms with Gasteiger partial charge >= 0.3 is 18.0 Å². The van der Waals surface area contributed by atoms with Gasteiger partial charge in [-0.25, -0.2) is 9.78 Å². The predicted octanol–water partition coefficient (Wildman–Crippen LogP) is 4.86. The number of nitrogens with one attached hydrogen (secondary N) is 1. The zero-order valence-corrected chi connectivity index (χ0v) is 22.0. The monoisotopic (exact) mass is 579 g/mol. The Morgan fingerprint density at radius 2 is 1.74 bits per heavy atom. The Morgan fingerprint density at radius 3 is 2.32 bits per heavy atom. The number of thioether (sulfide) groups is 1. The van der Waals surface area contributed by atoms with Gasteiger partial charge in [0.2, 0.25) is 0 Å². The van der Waals surface area contributed by atoms with Crippen molar-refractivity contribution in [1.82, 2.24) is 19.9 Å². The van der Waals surface area contributed by atoms with Gasteiger partial charge in [-0.2, -0.15) is 31.3 Å². The molecule has 15 heteroatoms. The van der Waals surface area contributed by atoms with Crippen LogP contribution >= 0.6 is 23.1 Å². The minimum absolute atomic E-state index is 0.0158. The smallest absolute Gasteiger partial charge is 0.379 e. The van der Waals surface area contributed by atoms with E-state index in [-0.39, 0.29) is 46.0 Å². The molecule has 0 unspecified atom stereocenters. The maximum Gasteiger partial charge on any atom is 0.434 e. The van der Waals surface area contributed by atoms with Gasteiger partial charge in [-0.3, -0.25) is 4.57 Å². The zero-order chi connectivity index (χ0) is 27.6. The second-order valence-electron chi connectivity index (χ2n) is 9.43. The van der Waals surface area contributed by atoms with Gasteiger partial charge in [0.15, 0.2) is 5.69 Å². The molecule has 206 valence electrons. The number of hydrogen-bond acceptors (Lipinski definition) is 8. The summed E-state index contributed by atoms with van der Waals surface area (Å²) in [5, 5.41) is 3.71. The molecule has 3 aromatic rings. The summed E-state index contributed by atoms with van der Waals surface area (Å²) in [7, 11) is 1.42. The number of alkyl halides is 6. The van der Waals surface area contributed by atoms with Crippen LogP contribution in [0, 0.1) is 0 Å². The van der Waals surface area contributed by atoms with Crippen molar-refractivity contribution in [3.63, 3.8) is 0 Å². The zero-order valence-electron chi connectivity index (χ0n) is 20.4. The lowest BCUT2D eigenvalue weighted by Gasteiger charge is -2.37. The number of nitrogens with zero attached hydrogens (tertiary/aromatic N) is 4. The Hall–Kier alpha value is -2.36. The van der Waals surface area contributed by atoms with Crippen LogP contribution in [0.2, 0.25) is 0 Å². The topological polar surface area (TPSA) is 72.3 Å². The van der Waals surface area contributed by atoms with Gasteiger partial charge in [0.05, 0.1) is 23.7 Å². The van der Waals surface area contributed by atoms with Crippen LogP contribution in [-0.4, -0.2) is 58.7 Å². The standard InChI is InChI=1S/C23H23F6N5O2S2/c1-10-5-33(6-11(2)30-10)19-13-4-14(22(24,25)26)16(20-31-15(9-38-20)23(27,28)29)18-17(13)34(21(35)32-19)7-12(36-3)8-37-18/h4,9-12,30H,5-8H2,1-3H3/t10-,11+,12-/m0/s1. The first-order valence-electron chi connectivity index (χ1n) is 11.7. The molecule has 5 rings (SSSR count).